The van der Waals surface area contributed by atoms with Crippen LogP contribution in [0.15, 0.2) is 10.8 Å². The average Bonchev–Trinajstić information content (AvgIpc) is 2.08. The van der Waals surface area contributed by atoms with Gasteiger partial charge < -0.3 is 5.11 Å². The van der Waals surface area contributed by atoms with Crippen molar-refractivity contribution < 1.29 is 5.11 Å². The molecule has 1 heterocycles. The lowest BCUT2D eigenvalue weighted by Gasteiger charge is -2.06. The molecule has 0 atom stereocenters. The van der Waals surface area contributed by atoms with Crippen LogP contribution in [0.5, 0.6) is 0 Å². The largest absolute Gasteiger partial charge is 0.390 e. The van der Waals surface area contributed by atoms with Crippen molar-refractivity contribution in [3.63, 3.8) is 0 Å². The maximum absolute atomic E-state index is 8.87. The standard InChI is InChI=1S/C9H13BrN2O/c1-6(2)3-8-9(10)11-4-7(5-13)12-8/h4,6,13H,3,5H2,1-2H3. The Morgan fingerprint density at radius 2 is 2.23 bits per heavy atom. The van der Waals surface area contributed by atoms with Gasteiger partial charge >= 0.3 is 0 Å². The minimum Gasteiger partial charge on any atom is -0.390 e. The minimum absolute atomic E-state index is 0.0502. The fourth-order valence-electron chi connectivity index (χ4n) is 1.05. The fraction of sp³-hybridized carbons (Fsp3) is 0.556. The van der Waals surface area contributed by atoms with Gasteiger partial charge in [0.1, 0.15) is 4.60 Å². The Morgan fingerprint density at radius 1 is 1.54 bits per heavy atom. The van der Waals surface area contributed by atoms with Crippen molar-refractivity contribution in [1.29, 1.82) is 0 Å². The molecule has 72 valence electrons. The van der Waals surface area contributed by atoms with Gasteiger partial charge in [0.05, 0.1) is 24.2 Å². The van der Waals surface area contributed by atoms with E-state index in [4.69, 9.17) is 5.11 Å². The van der Waals surface area contributed by atoms with Crippen molar-refractivity contribution >= 4 is 15.9 Å². The zero-order valence-corrected chi connectivity index (χ0v) is 9.37. The fourth-order valence-corrected chi connectivity index (χ4v) is 1.40. The van der Waals surface area contributed by atoms with Crippen molar-refractivity contribution in [1.82, 2.24) is 9.97 Å². The van der Waals surface area contributed by atoms with Crippen LogP contribution >= 0.6 is 15.9 Å². The molecule has 1 aromatic rings. The van der Waals surface area contributed by atoms with Crippen molar-refractivity contribution in [3.05, 3.63) is 22.2 Å². The maximum Gasteiger partial charge on any atom is 0.127 e. The van der Waals surface area contributed by atoms with E-state index in [1.54, 1.807) is 6.20 Å². The highest BCUT2D eigenvalue weighted by molar-refractivity contribution is 9.10. The molecule has 0 aliphatic heterocycles. The zero-order chi connectivity index (χ0) is 9.84. The molecule has 0 spiro atoms. The number of aliphatic hydroxyl groups excluding tert-OH is 1. The van der Waals surface area contributed by atoms with Crippen LogP contribution in [0.2, 0.25) is 0 Å². The molecule has 0 aromatic carbocycles. The zero-order valence-electron chi connectivity index (χ0n) is 7.79. The molecule has 4 heteroatoms. The summed E-state index contributed by atoms with van der Waals surface area (Å²) in [4.78, 5) is 8.37. The highest BCUT2D eigenvalue weighted by Gasteiger charge is 2.06. The monoisotopic (exact) mass is 244 g/mol. The number of hydrogen-bond acceptors (Lipinski definition) is 3. The van der Waals surface area contributed by atoms with Gasteiger partial charge in [0.2, 0.25) is 0 Å². The van der Waals surface area contributed by atoms with Gasteiger partial charge in [-0.1, -0.05) is 13.8 Å². The second kappa shape index (κ2) is 4.67. The van der Waals surface area contributed by atoms with Gasteiger partial charge in [-0.05, 0) is 28.3 Å². The SMILES string of the molecule is CC(C)Cc1nc(CO)cnc1Br. The number of hydrogen-bond donors (Lipinski definition) is 1. The molecule has 0 fully saturated rings. The predicted molar refractivity (Wildman–Crippen MR) is 54.2 cm³/mol. The number of rotatable bonds is 3. The molecule has 0 aliphatic rings. The first kappa shape index (κ1) is 10.6. The normalized spacial score (nSPS) is 10.8. The third-order valence-corrected chi connectivity index (χ3v) is 2.27. The van der Waals surface area contributed by atoms with Crippen molar-refractivity contribution in [2.75, 3.05) is 0 Å². The molecular weight excluding hydrogens is 232 g/mol. The molecule has 0 radical (unpaired) electrons. The first-order valence-electron chi connectivity index (χ1n) is 4.24. The van der Waals surface area contributed by atoms with Crippen LogP contribution in [-0.4, -0.2) is 15.1 Å². The first-order valence-corrected chi connectivity index (χ1v) is 5.04. The second-order valence-corrected chi connectivity index (χ2v) is 4.11. The summed E-state index contributed by atoms with van der Waals surface area (Å²) < 4.78 is 0.776. The molecule has 0 saturated heterocycles. The summed E-state index contributed by atoms with van der Waals surface area (Å²) in [7, 11) is 0. The van der Waals surface area contributed by atoms with E-state index in [1.807, 2.05) is 0 Å². The Balaban J connectivity index is 2.90. The lowest BCUT2D eigenvalue weighted by atomic mass is 10.1. The summed E-state index contributed by atoms with van der Waals surface area (Å²) in [5.41, 5.74) is 1.54. The Bertz CT molecular complexity index is 289. The number of nitrogens with zero attached hydrogens (tertiary/aromatic N) is 2. The Morgan fingerprint density at radius 3 is 2.77 bits per heavy atom. The van der Waals surface area contributed by atoms with Crippen molar-refractivity contribution in [2.45, 2.75) is 26.9 Å². The van der Waals surface area contributed by atoms with Gasteiger partial charge in [-0.3, -0.25) is 4.98 Å². The summed E-state index contributed by atoms with van der Waals surface area (Å²) in [5, 5.41) is 8.87. The van der Waals surface area contributed by atoms with E-state index in [9.17, 15) is 0 Å². The summed E-state index contributed by atoms with van der Waals surface area (Å²) >= 11 is 3.33. The van der Waals surface area contributed by atoms with Gasteiger partial charge in [0.25, 0.3) is 0 Å². The van der Waals surface area contributed by atoms with E-state index < -0.39 is 0 Å². The number of aromatic nitrogens is 2. The molecule has 0 unspecified atom stereocenters. The molecule has 13 heavy (non-hydrogen) atoms. The lowest BCUT2D eigenvalue weighted by Crippen LogP contribution is -2.03. The van der Waals surface area contributed by atoms with Crippen LogP contribution in [0.25, 0.3) is 0 Å². The van der Waals surface area contributed by atoms with Gasteiger partial charge in [0.15, 0.2) is 0 Å². The van der Waals surface area contributed by atoms with Gasteiger partial charge in [0, 0.05) is 0 Å². The second-order valence-electron chi connectivity index (χ2n) is 3.35. The van der Waals surface area contributed by atoms with E-state index >= 15 is 0 Å². The van der Waals surface area contributed by atoms with Crippen LogP contribution in [0.3, 0.4) is 0 Å². The number of halogens is 1. The molecule has 1 rings (SSSR count). The molecule has 1 aromatic heterocycles. The van der Waals surface area contributed by atoms with Gasteiger partial charge in [-0.2, -0.15) is 0 Å². The van der Waals surface area contributed by atoms with Crippen LogP contribution in [0, 0.1) is 5.92 Å². The van der Waals surface area contributed by atoms with E-state index in [0.717, 1.165) is 16.7 Å². The van der Waals surface area contributed by atoms with Crippen LogP contribution in [0.1, 0.15) is 25.2 Å². The van der Waals surface area contributed by atoms with Crippen LogP contribution < -0.4 is 0 Å². The van der Waals surface area contributed by atoms with Crippen LogP contribution in [0.4, 0.5) is 0 Å². The van der Waals surface area contributed by atoms with E-state index in [-0.39, 0.29) is 6.61 Å². The molecule has 0 saturated carbocycles. The average molecular weight is 245 g/mol. The number of aliphatic hydroxyl groups is 1. The molecule has 1 N–H and O–H groups in total. The van der Waals surface area contributed by atoms with E-state index in [2.05, 4.69) is 39.7 Å². The topological polar surface area (TPSA) is 46.0 Å². The summed E-state index contributed by atoms with van der Waals surface area (Å²) in [5.74, 6) is 0.541. The summed E-state index contributed by atoms with van der Waals surface area (Å²) in [6, 6.07) is 0. The Labute approximate surface area is 86.4 Å². The molecule has 0 amide bonds. The maximum atomic E-state index is 8.87. The third-order valence-electron chi connectivity index (χ3n) is 1.61. The quantitative estimate of drug-likeness (QED) is 0.884. The van der Waals surface area contributed by atoms with Gasteiger partial charge in [-0.15, -0.1) is 0 Å². The lowest BCUT2D eigenvalue weighted by molar-refractivity contribution is 0.275. The highest BCUT2D eigenvalue weighted by atomic mass is 79.9. The molecule has 3 nitrogen and oxygen atoms in total. The van der Waals surface area contributed by atoms with Crippen LogP contribution in [-0.2, 0) is 13.0 Å². The summed E-state index contributed by atoms with van der Waals surface area (Å²) in [6.07, 6.45) is 2.45. The van der Waals surface area contributed by atoms with Gasteiger partial charge in [-0.25, -0.2) is 4.98 Å². The van der Waals surface area contributed by atoms with Crippen molar-refractivity contribution in [3.8, 4) is 0 Å². The van der Waals surface area contributed by atoms with E-state index in [1.165, 1.54) is 0 Å². The molecule has 0 aliphatic carbocycles. The Kier molecular flexibility index (Phi) is 3.81. The molecule has 0 bridgehead atoms. The minimum atomic E-state index is -0.0502. The smallest absolute Gasteiger partial charge is 0.127 e. The van der Waals surface area contributed by atoms with E-state index in [0.29, 0.717) is 11.6 Å². The predicted octanol–water partition coefficient (Wildman–Crippen LogP) is 1.93. The summed E-state index contributed by atoms with van der Waals surface area (Å²) in [6.45, 7) is 4.20. The highest BCUT2D eigenvalue weighted by Crippen LogP contribution is 2.15. The third kappa shape index (κ3) is 3.04. The Hall–Kier alpha value is -0.480. The first-order chi connectivity index (χ1) is 6.13. The van der Waals surface area contributed by atoms with Crippen molar-refractivity contribution in [2.24, 2.45) is 5.92 Å². The molecular formula is C9H13BrN2O.